The molecule has 0 aliphatic carbocycles. The monoisotopic (exact) mass is 374 g/mol. The second kappa shape index (κ2) is 8.38. The lowest BCUT2D eigenvalue weighted by Gasteiger charge is -2.25. The molecular weight excluding hydrogens is 348 g/mol. The largest absolute Gasteiger partial charge is 0.334 e. The highest BCUT2D eigenvalue weighted by atomic mass is 16.2. The first-order valence-electron chi connectivity index (χ1n) is 10.0. The van der Waals surface area contributed by atoms with Gasteiger partial charge in [-0.15, -0.1) is 0 Å². The average Bonchev–Trinajstić information content (AvgIpc) is 3.38. The van der Waals surface area contributed by atoms with Crippen molar-refractivity contribution in [2.45, 2.75) is 45.1 Å². The van der Waals surface area contributed by atoms with Crippen molar-refractivity contribution in [3.05, 3.63) is 78.0 Å². The highest BCUT2D eigenvalue weighted by Crippen LogP contribution is 2.32. The number of amides is 1. The maximum atomic E-state index is 12.9. The van der Waals surface area contributed by atoms with Crippen molar-refractivity contribution in [3.8, 4) is 5.82 Å². The average molecular weight is 374 g/mol. The van der Waals surface area contributed by atoms with Gasteiger partial charge in [-0.1, -0.05) is 36.4 Å². The normalized spacial score (nSPS) is 16.5. The number of benzene rings is 1. The van der Waals surface area contributed by atoms with E-state index in [4.69, 9.17) is 4.98 Å². The molecule has 0 bridgehead atoms. The number of hydrogen-bond acceptors (Lipinski definition) is 3. The molecule has 5 nitrogen and oxygen atoms in total. The van der Waals surface area contributed by atoms with E-state index in [-0.39, 0.29) is 11.9 Å². The molecule has 1 amide bonds. The molecule has 144 valence electrons. The lowest BCUT2D eigenvalue weighted by molar-refractivity contribution is -0.132. The van der Waals surface area contributed by atoms with E-state index in [0.29, 0.717) is 6.42 Å². The van der Waals surface area contributed by atoms with E-state index in [1.807, 2.05) is 59.0 Å². The molecule has 1 aromatic carbocycles. The van der Waals surface area contributed by atoms with Crippen LogP contribution in [0.5, 0.6) is 0 Å². The van der Waals surface area contributed by atoms with Gasteiger partial charge in [-0.25, -0.2) is 9.97 Å². The van der Waals surface area contributed by atoms with E-state index in [2.05, 4.69) is 17.1 Å². The van der Waals surface area contributed by atoms with Gasteiger partial charge in [0, 0.05) is 25.4 Å². The van der Waals surface area contributed by atoms with Gasteiger partial charge in [-0.2, -0.15) is 0 Å². The van der Waals surface area contributed by atoms with Crippen molar-refractivity contribution in [2.75, 3.05) is 6.54 Å². The molecule has 0 radical (unpaired) electrons. The smallest absolute Gasteiger partial charge is 0.223 e. The van der Waals surface area contributed by atoms with Crippen LogP contribution in [0.3, 0.4) is 0 Å². The van der Waals surface area contributed by atoms with Crippen LogP contribution < -0.4 is 0 Å². The molecule has 4 rings (SSSR count). The van der Waals surface area contributed by atoms with Crippen LogP contribution in [0.15, 0.2) is 60.9 Å². The molecule has 1 atom stereocenters. The molecule has 0 spiro atoms. The summed E-state index contributed by atoms with van der Waals surface area (Å²) in [7, 11) is 0. The van der Waals surface area contributed by atoms with Gasteiger partial charge in [0.25, 0.3) is 0 Å². The Hall–Kier alpha value is -2.95. The molecule has 3 heterocycles. The summed E-state index contributed by atoms with van der Waals surface area (Å²) in [5, 5.41) is 0. The Balaban J connectivity index is 1.43. The molecule has 1 aliphatic heterocycles. The zero-order valence-corrected chi connectivity index (χ0v) is 16.3. The van der Waals surface area contributed by atoms with Crippen LogP contribution in [0.4, 0.5) is 0 Å². The molecule has 1 aliphatic rings. The molecule has 28 heavy (non-hydrogen) atoms. The number of nitrogens with zero attached hydrogens (tertiary/aromatic N) is 4. The van der Waals surface area contributed by atoms with Crippen molar-refractivity contribution >= 4 is 5.91 Å². The predicted octanol–water partition coefficient (Wildman–Crippen LogP) is 4.26. The molecule has 3 aromatic rings. The summed E-state index contributed by atoms with van der Waals surface area (Å²) in [6.45, 7) is 2.79. The third-order valence-corrected chi connectivity index (χ3v) is 5.44. The molecule has 1 fully saturated rings. The van der Waals surface area contributed by atoms with Gasteiger partial charge in [-0.05, 0) is 50.3 Å². The summed E-state index contributed by atoms with van der Waals surface area (Å²) in [5.74, 6) is 2.00. The third kappa shape index (κ3) is 3.98. The van der Waals surface area contributed by atoms with Crippen molar-refractivity contribution in [1.82, 2.24) is 19.4 Å². The fraction of sp³-hybridized carbons (Fsp3) is 0.348. The van der Waals surface area contributed by atoms with Crippen molar-refractivity contribution < 1.29 is 4.79 Å². The van der Waals surface area contributed by atoms with E-state index >= 15 is 0 Å². The zero-order chi connectivity index (χ0) is 19.3. The summed E-state index contributed by atoms with van der Waals surface area (Å²) in [4.78, 5) is 24.0. The molecular formula is C23H26N4O. The topological polar surface area (TPSA) is 51.0 Å². The Kier molecular flexibility index (Phi) is 5.51. The van der Waals surface area contributed by atoms with E-state index in [0.717, 1.165) is 49.6 Å². The standard InChI is InChI=1S/C23H26N4O/c1-18-24-15-17-26(18)22-13-6-11-20(25-22)21-12-7-16-27(21)23(28)14-5-10-19-8-3-2-4-9-19/h2-4,6,8-9,11,13,15,17,21H,5,7,10,12,14,16H2,1H3/t21-/m0/s1. The van der Waals surface area contributed by atoms with Gasteiger partial charge < -0.3 is 4.90 Å². The number of rotatable bonds is 6. The highest BCUT2D eigenvalue weighted by Gasteiger charge is 2.30. The highest BCUT2D eigenvalue weighted by molar-refractivity contribution is 5.77. The number of likely N-dealkylation sites (tertiary alicyclic amines) is 1. The summed E-state index contributed by atoms with van der Waals surface area (Å²) >= 11 is 0. The van der Waals surface area contributed by atoms with E-state index < -0.39 is 0 Å². The Bertz CT molecular complexity index is 935. The van der Waals surface area contributed by atoms with E-state index in [1.165, 1.54) is 5.56 Å². The number of aromatic nitrogens is 3. The number of hydrogen-bond donors (Lipinski definition) is 0. The summed E-state index contributed by atoms with van der Waals surface area (Å²) in [6.07, 6.45) is 8.12. The lowest BCUT2D eigenvalue weighted by atomic mass is 10.1. The Morgan fingerprint density at radius 3 is 2.79 bits per heavy atom. The van der Waals surface area contributed by atoms with E-state index in [1.54, 1.807) is 6.20 Å². The fourth-order valence-electron chi connectivity index (χ4n) is 3.98. The van der Waals surface area contributed by atoms with Gasteiger partial charge in [0.2, 0.25) is 5.91 Å². The second-order valence-electron chi connectivity index (χ2n) is 7.35. The predicted molar refractivity (Wildman–Crippen MR) is 109 cm³/mol. The maximum Gasteiger partial charge on any atom is 0.223 e. The quantitative estimate of drug-likeness (QED) is 0.648. The SMILES string of the molecule is Cc1nccn1-c1cccc([C@@H]2CCCN2C(=O)CCCc2ccccc2)n1. The second-order valence-corrected chi connectivity index (χ2v) is 7.35. The number of imidazole rings is 1. The lowest BCUT2D eigenvalue weighted by Crippen LogP contribution is -2.31. The molecule has 0 saturated carbocycles. The Morgan fingerprint density at radius 2 is 2.00 bits per heavy atom. The van der Waals surface area contributed by atoms with Gasteiger partial charge in [-0.3, -0.25) is 9.36 Å². The van der Waals surface area contributed by atoms with Crippen LogP contribution in [-0.2, 0) is 11.2 Å². The first kappa shape index (κ1) is 18.4. The summed E-state index contributed by atoms with van der Waals surface area (Å²) < 4.78 is 1.98. The Morgan fingerprint density at radius 1 is 1.14 bits per heavy atom. The summed E-state index contributed by atoms with van der Waals surface area (Å²) in [6, 6.07) is 16.5. The zero-order valence-electron chi connectivity index (χ0n) is 16.3. The van der Waals surface area contributed by atoms with Gasteiger partial charge in [0.1, 0.15) is 11.6 Å². The van der Waals surface area contributed by atoms with Crippen LogP contribution in [0.1, 0.15) is 48.8 Å². The van der Waals surface area contributed by atoms with Crippen LogP contribution >= 0.6 is 0 Å². The maximum absolute atomic E-state index is 12.9. The molecule has 0 N–H and O–H groups in total. The van der Waals surface area contributed by atoms with Crippen LogP contribution in [0, 0.1) is 6.92 Å². The van der Waals surface area contributed by atoms with Gasteiger partial charge in [0.15, 0.2) is 0 Å². The minimum absolute atomic E-state index is 0.0769. The van der Waals surface area contributed by atoms with Gasteiger partial charge >= 0.3 is 0 Å². The number of aryl methyl sites for hydroxylation is 2. The first-order valence-corrected chi connectivity index (χ1v) is 10.0. The van der Waals surface area contributed by atoms with Crippen molar-refractivity contribution in [3.63, 3.8) is 0 Å². The number of pyridine rings is 1. The Labute approximate surface area is 166 Å². The van der Waals surface area contributed by atoms with Crippen LogP contribution in [-0.4, -0.2) is 31.9 Å². The van der Waals surface area contributed by atoms with Crippen LogP contribution in [0.2, 0.25) is 0 Å². The third-order valence-electron chi connectivity index (χ3n) is 5.44. The minimum Gasteiger partial charge on any atom is -0.334 e. The number of carbonyl (C=O) groups is 1. The van der Waals surface area contributed by atoms with Crippen molar-refractivity contribution in [1.29, 1.82) is 0 Å². The summed E-state index contributed by atoms with van der Waals surface area (Å²) in [5.41, 5.74) is 2.26. The number of carbonyl (C=O) groups excluding carboxylic acids is 1. The van der Waals surface area contributed by atoms with Crippen molar-refractivity contribution in [2.24, 2.45) is 0 Å². The van der Waals surface area contributed by atoms with E-state index in [9.17, 15) is 4.79 Å². The molecule has 1 saturated heterocycles. The molecule has 5 heteroatoms. The minimum atomic E-state index is 0.0769. The first-order chi connectivity index (χ1) is 13.7. The fourth-order valence-corrected chi connectivity index (χ4v) is 3.98. The van der Waals surface area contributed by atoms with Crippen LogP contribution in [0.25, 0.3) is 5.82 Å². The molecule has 2 aromatic heterocycles. The molecule has 0 unspecified atom stereocenters. The van der Waals surface area contributed by atoms with Gasteiger partial charge in [0.05, 0.1) is 11.7 Å².